The van der Waals surface area contributed by atoms with E-state index in [2.05, 4.69) is 22.3 Å². The van der Waals surface area contributed by atoms with Gasteiger partial charge in [0.2, 0.25) is 0 Å². The highest BCUT2D eigenvalue weighted by Crippen LogP contribution is 2.27. The standard InChI is InChI=1S/C16H27N3O/c20-16(13-5-4-9-17-12-13)11-14-8-10-19(18-14)15-6-2-1-3-7-15/h8,10,13,15-17,20H,1-7,9,11-12H2. The fraction of sp³-hybridized carbons (Fsp3) is 0.812. The first-order valence-corrected chi connectivity index (χ1v) is 8.26. The van der Waals surface area contributed by atoms with Crippen LogP contribution in [-0.4, -0.2) is 34.1 Å². The minimum atomic E-state index is -0.252. The first kappa shape index (κ1) is 14.1. The number of hydrogen-bond acceptors (Lipinski definition) is 3. The van der Waals surface area contributed by atoms with Gasteiger partial charge in [0.1, 0.15) is 0 Å². The summed E-state index contributed by atoms with van der Waals surface area (Å²) in [5, 5.41) is 18.4. The number of nitrogens with zero attached hydrogens (tertiary/aromatic N) is 2. The first-order chi connectivity index (χ1) is 9.83. The van der Waals surface area contributed by atoms with E-state index in [0.29, 0.717) is 18.4 Å². The number of rotatable bonds is 4. The molecule has 1 aliphatic heterocycles. The smallest absolute Gasteiger partial charge is 0.0650 e. The Morgan fingerprint density at radius 2 is 2.10 bits per heavy atom. The van der Waals surface area contributed by atoms with Gasteiger partial charge in [-0.1, -0.05) is 19.3 Å². The molecule has 2 heterocycles. The third-order valence-electron chi connectivity index (χ3n) is 4.91. The molecule has 2 fully saturated rings. The van der Waals surface area contributed by atoms with Crippen molar-refractivity contribution >= 4 is 0 Å². The van der Waals surface area contributed by atoms with Gasteiger partial charge in [0, 0.05) is 19.2 Å². The van der Waals surface area contributed by atoms with E-state index in [4.69, 9.17) is 5.10 Å². The van der Waals surface area contributed by atoms with Crippen molar-refractivity contribution in [1.82, 2.24) is 15.1 Å². The topological polar surface area (TPSA) is 50.1 Å². The molecule has 0 aromatic carbocycles. The number of hydrogen-bond donors (Lipinski definition) is 2. The van der Waals surface area contributed by atoms with Crippen LogP contribution in [-0.2, 0) is 6.42 Å². The number of aliphatic hydroxyl groups excluding tert-OH is 1. The molecule has 112 valence electrons. The van der Waals surface area contributed by atoms with Crippen molar-refractivity contribution in [1.29, 1.82) is 0 Å². The van der Waals surface area contributed by atoms with Crippen molar-refractivity contribution in [2.45, 2.75) is 63.5 Å². The van der Waals surface area contributed by atoms with Crippen molar-refractivity contribution < 1.29 is 5.11 Å². The Hall–Kier alpha value is -0.870. The zero-order valence-electron chi connectivity index (χ0n) is 12.3. The summed E-state index contributed by atoms with van der Waals surface area (Å²) in [7, 11) is 0. The van der Waals surface area contributed by atoms with Crippen molar-refractivity contribution in [2.75, 3.05) is 13.1 Å². The number of nitrogens with one attached hydrogen (secondary N) is 1. The average Bonchev–Trinajstić information content (AvgIpc) is 2.97. The van der Waals surface area contributed by atoms with Gasteiger partial charge in [0.15, 0.2) is 0 Å². The molecule has 2 unspecified atom stereocenters. The van der Waals surface area contributed by atoms with E-state index in [-0.39, 0.29) is 6.10 Å². The van der Waals surface area contributed by atoms with Crippen molar-refractivity contribution in [3.05, 3.63) is 18.0 Å². The van der Waals surface area contributed by atoms with Crippen LogP contribution in [0.4, 0.5) is 0 Å². The minimum absolute atomic E-state index is 0.252. The number of aromatic nitrogens is 2. The van der Waals surface area contributed by atoms with Gasteiger partial charge in [-0.2, -0.15) is 5.10 Å². The maximum Gasteiger partial charge on any atom is 0.0650 e. The van der Waals surface area contributed by atoms with E-state index in [1.54, 1.807) is 0 Å². The molecular formula is C16H27N3O. The molecule has 1 saturated heterocycles. The minimum Gasteiger partial charge on any atom is -0.392 e. The van der Waals surface area contributed by atoms with E-state index in [1.165, 1.54) is 38.5 Å². The third-order valence-corrected chi connectivity index (χ3v) is 4.91. The molecule has 2 aliphatic rings. The van der Waals surface area contributed by atoms with Crippen LogP contribution in [0.3, 0.4) is 0 Å². The molecule has 20 heavy (non-hydrogen) atoms. The highest BCUT2D eigenvalue weighted by atomic mass is 16.3. The van der Waals surface area contributed by atoms with Gasteiger partial charge in [-0.05, 0) is 44.2 Å². The summed E-state index contributed by atoms with van der Waals surface area (Å²) >= 11 is 0. The second-order valence-corrected chi connectivity index (χ2v) is 6.46. The zero-order valence-corrected chi connectivity index (χ0v) is 12.3. The van der Waals surface area contributed by atoms with E-state index >= 15 is 0 Å². The summed E-state index contributed by atoms with van der Waals surface area (Å²) in [6.07, 6.45) is 11.4. The van der Waals surface area contributed by atoms with Crippen molar-refractivity contribution in [3.63, 3.8) is 0 Å². The molecule has 0 bridgehead atoms. The van der Waals surface area contributed by atoms with Crippen molar-refractivity contribution in [2.24, 2.45) is 5.92 Å². The van der Waals surface area contributed by atoms with Crippen LogP contribution in [0.15, 0.2) is 12.3 Å². The highest BCUT2D eigenvalue weighted by Gasteiger charge is 2.23. The molecule has 1 saturated carbocycles. The quantitative estimate of drug-likeness (QED) is 0.888. The Kier molecular flexibility index (Phi) is 4.73. The summed E-state index contributed by atoms with van der Waals surface area (Å²) < 4.78 is 2.14. The van der Waals surface area contributed by atoms with E-state index in [9.17, 15) is 5.11 Å². The number of piperidine rings is 1. The van der Waals surface area contributed by atoms with Crippen LogP contribution in [0.25, 0.3) is 0 Å². The Labute approximate surface area is 121 Å². The summed E-state index contributed by atoms with van der Waals surface area (Å²) in [4.78, 5) is 0. The van der Waals surface area contributed by atoms with Gasteiger partial charge in [0.25, 0.3) is 0 Å². The molecule has 1 aromatic rings. The average molecular weight is 277 g/mol. The van der Waals surface area contributed by atoms with Gasteiger partial charge in [-0.25, -0.2) is 0 Å². The van der Waals surface area contributed by atoms with E-state index in [0.717, 1.165) is 25.2 Å². The zero-order chi connectivity index (χ0) is 13.8. The van der Waals surface area contributed by atoms with Crippen LogP contribution >= 0.6 is 0 Å². The maximum atomic E-state index is 10.4. The lowest BCUT2D eigenvalue weighted by atomic mass is 9.91. The monoisotopic (exact) mass is 277 g/mol. The molecule has 1 aliphatic carbocycles. The van der Waals surface area contributed by atoms with Gasteiger partial charge in [-0.3, -0.25) is 4.68 Å². The maximum absolute atomic E-state index is 10.4. The molecule has 0 radical (unpaired) electrons. The fourth-order valence-corrected chi connectivity index (χ4v) is 3.62. The Balaban J connectivity index is 1.56. The third kappa shape index (κ3) is 3.41. The first-order valence-electron chi connectivity index (χ1n) is 8.26. The summed E-state index contributed by atoms with van der Waals surface area (Å²) in [5.74, 6) is 0.392. The predicted molar refractivity (Wildman–Crippen MR) is 79.7 cm³/mol. The predicted octanol–water partition coefficient (Wildman–Crippen LogP) is 2.29. The molecular weight excluding hydrogens is 250 g/mol. The van der Waals surface area contributed by atoms with E-state index < -0.39 is 0 Å². The molecule has 2 N–H and O–H groups in total. The van der Waals surface area contributed by atoms with Gasteiger partial charge in [-0.15, -0.1) is 0 Å². The lowest BCUT2D eigenvalue weighted by Crippen LogP contribution is -2.37. The van der Waals surface area contributed by atoms with Gasteiger partial charge >= 0.3 is 0 Å². The summed E-state index contributed by atoms with van der Waals surface area (Å²) in [6, 6.07) is 2.68. The highest BCUT2D eigenvalue weighted by molar-refractivity contribution is 5.02. The Morgan fingerprint density at radius 1 is 1.25 bits per heavy atom. The van der Waals surface area contributed by atoms with Crippen LogP contribution in [0.5, 0.6) is 0 Å². The lowest BCUT2D eigenvalue weighted by molar-refractivity contribution is 0.0911. The molecule has 3 rings (SSSR count). The van der Waals surface area contributed by atoms with Crippen molar-refractivity contribution in [3.8, 4) is 0 Å². The SMILES string of the molecule is OC(Cc1ccn(C2CCCCC2)n1)C1CCCNC1. The normalized spacial score (nSPS) is 26.6. The molecule has 4 heteroatoms. The van der Waals surface area contributed by atoms with Gasteiger partial charge in [0.05, 0.1) is 17.8 Å². The molecule has 2 atom stereocenters. The summed E-state index contributed by atoms with van der Waals surface area (Å²) in [5.41, 5.74) is 1.05. The largest absolute Gasteiger partial charge is 0.392 e. The lowest BCUT2D eigenvalue weighted by Gasteiger charge is -2.27. The van der Waals surface area contributed by atoms with Crippen LogP contribution in [0, 0.1) is 5.92 Å². The molecule has 4 nitrogen and oxygen atoms in total. The van der Waals surface area contributed by atoms with Gasteiger partial charge < -0.3 is 10.4 Å². The Bertz CT molecular complexity index is 406. The summed E-state index contributed by atoms with van der Waals surface area (Å²) in [6.45, 7) is 2.05. The molecule has 0 amide bonds. The van der Waals surface area contributed by atoms with Crippen LogP contribution in [0.1, 0.15) is 56.7 Å². The van der Waals surface area contributed by atoms with Crippen LogP contribution in [0.2, 0.25) is 0 Å². The van der Waals surface area contributed by atoms with E-state index in [1.807, 2.05) is 0 Å². The fourth-order valence-electron chi connectivity index (χ4n) is 3.62. The second-order valence-electron chi connectivity index (χ2n) is 6.46. The molecule has 0 spiro atoms. The second kappa shape index (κ2) is 6.72. The Morgan fingerprint density at radius 3 is 2.85 bits per heavy atom. The van der Waals surface area contributed by atoms with Crippen LogP contribution < -0.4 is 5.32 Å². The number of aliphatic hydroxyl groups is 1. The molecule has 1 aromatic heterocycles.